The topological polar surface area (TPSA) is 77.5 Å². The summed E-state index contributed by atoms with van der Waals surface area (Å²) in [6, 6.07) is 0. The molecule has 4 aliphatic carbocycles. The molecule has 5 nitrogen and oxygen atoms in total. The predicted molar refractivity (Wildman–Crippen MR) is 121 cm³/mol. The first kappa shape index (κ1) is 24.3. The molecule has 0 aliphatic heterocycles. The Kier molecular flexibility index (Phi) is 5.79. The number of ketones is 3. The van der Waals surface area contributed by atoms with Crippen LogP contribution >= 0.6 is 11.6 Å². The number of carbonyl (C=O) groups excluding carboxylic acids is 4. The van der Waals surface area contributed by atoms with Crippen LogP contribution < -0.4 is 0 Å². The molecule has 2 unspecified atom stereocenters. The maximum atomic E-state index is 17.1. The van der Waals surface area contributed by atoms with Gasteiger partial charge in [0, 0.05) is 35.5 Å². The third kappa shape index (κ3) is 2.95. The molecule has 0 saturated heterocycles. The zero-order chi connectivity index (χ0) is 24.4. The number of fused-ring (bicyclic) bond motifs is 5. The summed E-state index contributed by atoms with van der Waals surface area (Å²) in [6.45, 7) is 7.19. The zero-order valence-corrected chi connectivity index (χ0v) is 20.5. The summed E-state index contributed by atoms with van der Waals surface area (Å²) in [5, 5.41) is 0. The molecule has 0 aromatic carbocycles. The van der Waals surface area contributed by atoms with Gasteiger partial charge in [0.05, 0.1) is 5.88 Å². The van der Waals surface area contributed by atoms with Crippen LogP contribution in [-0.4, -0.2) is 40.5 Å². The Labute approximate surface area is 199 Å². The van der Waals surface area contributed by atoms with Gasteiger partial charge in [0.25, 0.3) is 0 Å². The van der Waals surface area contributed by atoms with Gasteiger partial charge in [0.2, 0.25) is 0 Å². The summed E-state index contributed by atoms with van der Waals surface area (Å²) in [5.74, 6) is -3.45. The number of hydrogen-bond donors (Lipinski definition) is 0. The van der Waals surface area contributed by atoms with E-state index >= 15 is 4.39 Å². The number of rotatable bonds is 5. The van der Waals surface area contributed by atoms with Gasteiger partial charge in [-0.1, -0.05) is 32.4 Å². The molecule has 7 heteroatoms. The molecule has 0 aromatic rings. The van der Waals surface area contributed by atoms with Crippen molar-refractivity contribution in [2.75, 3.05) is 5.88 Å². The smallest absolute Gasteiger partial charge is 0.306 e. The number of hydrogen-bond acceptors (Lipinski definition) is 5. The molecule has 4 rings (SSSR count). The number of halogens is 2. The summed E-state index contributed by atoms with van der Waals surface area (Å²) in [6.07, 6.45) is 6.21. The fourth-order valence-corrected chi connectivity index (χ4v) is 7.86. The molecule has 4 aliphatic rings. The Morgan fingerprint density at radius 3 is 2.58 bits per heavy atom. The van der Waals surface area contributed by atoms with E-state index in [-0.39, 0.29) is 30.4 Å². The van der Waals surface area contributed by atoms with Crippen LogP contribution in [-0.2, 0) is 23.9 Å². The van der Waals surface area contributed by atoms with Crippen LogP contribution in [0.1, 0.15) is 66.2 Å². The highest BCUT2D eigenvalue weighted by atomic mass is 35.5. The summed E-state index contributed by atoms with van der Waals surface area (Å²) in [7, 11) is 0. The molecule has 33 heavy (non-hydrogen) atoms. The largest absolute Gasteiger partial charge is 0.450 e. The van der Waals surface area contributed by atoms with E-state index in [1.54, 1.807) is 19.9 Å². The number of carbonyl (C=O) groups is 4. The van der Waals surface area contributed by atoms with Crippen molar-refractivity contribution in [3.05, 3.63) is 23.8 Å². The molecule has 3 saturated carbocycles. The summed E-state index contributed by atoms with van der Waals surface area (Å²) >= 11 is 6.02. The maximum absolute atomic E-state index is 17.1. The van der Waals surface area contributed by atoms with Crippen molar-refractivity contribution in [1.29, 1.82) is 0 Å². The normalized spacial score (nSPS) is 43.9. The highest BCUT2D eigenvalue weighted by molar-refractivity contribution is 6.29. The van der Waals surface area contributed by atoms with Crippen molar-refractivity contribution in [3.63, 3.8) is 0 Å². The second-order valence-corrected chi connectivity index (χ2v) is 11.0. The van der Waals surface area contributed by atoms with Crippen LogP contribution in [0.4, 0.5) is 4.39 Å². The standard InChI is InChI=1S/C26H32ClFO5/c1-5-6-22(32)33-26(21(31)14-27)15(2)11-19-18-8-7-16-12-17(29)9-10-23(16,3)25(18,28)20(30)13-24(19,26)4/h9-10,12,15,18-19H,5-8,11,13-14H2,1-4H3/t15-,18?,19?,23-,24-,25-,26-/m0/s1. The second-order valence-electron chi connectivity index (χ2n) is 10.7. The molecule has 0 spiro atoms. The molecule has 7 atom stereocenters. The number of allylic oxidation sites excluding steroid dienone is 4. The summed E-state index contributed by atoms with van der Waals surface area (Å²) in [5.41, 5.74) is -5.35. The highest BCUT2D eigenvalue weighted by Crippen LogP contribution is 2.70. The van der Waals surface area contributed by atoms with Gasteiger partial charge in [-0.05, 0) is 50.7 Å². The van der Waals surface area contributed by atoms with Crippen molar-refractivity contribution in [2.45, 2.75) is 77.5 Å². The second kappa shape index (κ2) is 7.86. The fraction of sp³-hybridized carbons (Fsp3) is 0.692. The Morgan fingerprint density at radius 1 is 1.24 bits per heavy atom. The van der Waals surface area contributed by atoms with Crippen LogP contribution in [0.5, 0.6) is 0 Å². The molecule has 180 valence electrons. The summed E-state index contributed by atoms with van der Waals surface area (Å²) < 4.78 is 23.1. The SMILES string of the molecule is CCCC(=O)O[C@]1(C(=O)CCl)[C@@H](C)CC2C3CCC4=CC(=O)C=C[C@]4(C)[C@@]3(F)C(=O)C[C@@]21C. The highest BCUT2D eigenvalue weighted by Gasteiger charge is 2.77. The molecule has 0 bridgehead atoms. The van der Waals surface area contributed by atoms with Crippen LogP contribution in [0.2, 0.25) is 0 Å². The van der Waals surface area contributed by atoms with E-state index in [0.717, 1.165) is 0 Å². The first-order valence-electron chi connectivity index (χ1n) is 11.9. The molecule has 3 fully saturated rings. The van der Waals surface area contributed by atoms with E-state index in [9.17, 15) is 19.2 Å². The Balaban J connectivity index is 1.84. The first-order valence-corrected chi connectivity index (χ1v) is 12.4. The lowest BCUT2D eigenvalue weighted by atomic mass is 9.45. The van der Waals surface area contributed by atoms with Crippen molar-refractivity contribution in [3.8, 4) is 0 Å². The quantitative estimate of drug-likeness (QED) is 0.422. The van der Waals surface area contributed by atoms with E-state index in [0.29, 0.717) is 31.3 Å². The lowest BCUT2D eigenvalue weighted by Gasteiger charge is -2.59. The van der Waals surface area contributed by atoms with E-state index in [1.165, 1.54) is 12.2 Å². The number of esters is 1. The van der Waals surface area contributed by atoms with Gasteiger partial charge in [0.15, 0.2) is 28.6 Å². The Morgan fingerprint density at radius 2 is 1.94 bits per heavy atom. The van der Waals surface area contributed by atoms with E-state index in [2.05, 4.69) is 0 Å². The van der Waals surface area contributed by atoms with Crippen molar-refractivity contribution >= 4 is 34.9 Å². The minimum Gasteiger partial charge on any atom is -0.450 e. The van der Waals surface area contributed by atoms with E-state index in [1.807, 2.05) is 13.8 Å². The van der Waals surface area contributed by atoms with Gasteiger partial charge in [-0.3, -0.25) is 19.2 Å². The number of alkyl halides is 2. The van der Waals surface area contributed by atoms with Gasteiger partial charge >= 0.3 is 5.97 Å². The lowest BCUT2D eigenvalue weighted by Crippen LogP contribution is -2.68. The minimum atomic E-state index is -2.19. The van der Waals surface area contributed by atoms with Crippen molar-refractivity contribution in [1.82, 2.24) is 0 Å². The average Bonchev–Trinajstić information content (AvgIpc) is 2.97. The predicted octanol–water partition coefficient (Wildman–Crippen LogP) is 4.70. The summed E-state index contributed by atoms with van der Waals surface area (Å²) in [4.78, 5) is 51.7. The Hall–Kier alpha value is -1.82. The molecular formula is C26H32ClFO5. The van der Waals surface area contributed by atoms with E-state index in [4.69, 9.17) is 16.3 Å². The number of Topliss-reactive ketones (excluding diaryl/α,β-unsaturated/α-hetero) is 2. The van der Waals surface area contributed by atoms with Crippen LogP contribution in [0.3, 0.4) is 0 Å². The first-order chi connectivity index (χ1) is 15.4. The third-order valence-corrected chi connectivity index (χ3v) is 9.45. The maximum Gasteiger partial charge on any atom is 0.306 e. The lowest BCUT2D eigenvalue weighted by molar-refractivity contribution is -0.201. The molecular weight excluding hydrogens is 447 g/mol. The number of ether oxygens (including phenoxy) is 1. The molecule has 0 radical (unpaired) electrons. The Bertz CT molecular complexity index is 987. The van der Waals surface area contributed by atoms with Gasteiger partial charge in [-0.25, -0.2) is 4.39 Å². The zero-order valence-electron chi connectivity index (χ0n) is 19.7. The monoisotopic (exact) mass is 478 g/mol. The molecule has 0 heterocycles. The fourth-order valence-electron chi connectivity index (χ4n) is 7.66. The van der Waals surface area contributed by atoms with Crippen LogP contribution in [0.15, 0.2) is 23.8 Å². The minimum absolute atomic E-state index is 0.153. The van der Waals surface area contributed by atoms with Gasteiger partial charge in [-0.15, -0.1) is 11.6 Å². The van der Waals surface area contributed by atoms with Crippen LogP contribution in [0, 0.1) is 28.6 Å². The molecule has 0 amide bonds. The van der Waals surface area contributed by atoms with Crippen molar-refractivity contribution in [2.24, 2.45) is 28.6 Å². The molecule has 0 N–H and O–H groups in total. The molecule has 0 aromatic heterocycles. The van der Waals surface area contributed by atoms with E-state index < -0.39 is 51.5 Å². The third-order valence-electron chi connectivity index (χ3n) is 9.21. The average molecular weight is 479 g/mol. The van der Waals surface area contributed by atoms with Gasteiger partial charge < -0.3 is 4.74 Å². The van der Waals surface area contributed by atoms with Gasteiger partial charge in [0.1, 0.15) is 0 Å². The van der Waals surface area contributed by atoms with Crippen LogP contribution in [0.25, 0.3) is 0 Å². The van der Waals surface area contributed by atoms with Gasteiger partial charge in [-0.2, -0.15) is 0 Å². The van der Waals surface area contributed by atoms with Crippen molar-refractivity contribution < 1.29 is 28.3 Å².